The summed E-state index contributed by atoms with van der Waals surface area (Å²) in [6, 6.07) is 0.211. The Morgan fingerprint density at radius 2 is 2.12 bits per heavy atom. The molecule has 1 aromatic heterocycles. The van der Waals surface area contributed by atoms with Crippen molar-refractivity contribution in [2.24, 2.45) is 13.0 Å². The summed E-state index contributed by atoms with van der Waals surface area (Å²) in [5.74, 6) is 1.29. The molecule has 1 heterocycles. The highest BCUT2D eigenvalue weighted by Crippen LogP contribution is 2.24. The van der Waals surface area contributed by atoms with Crippen LogP contribution >= 0.6 is 0 Å². The van der Waals surface area contributed by atoms with E-state index in [9.17, 15) is 0 Å². The van der Waals surface area contributed by atoms with Crippen LogP contribution in [0.2, 0.25) is 0 Å². The molecule has 1 rings (SSSR count). The van der Waals surface area contributed by atoms with Crippen LogP contribution in [0.5, 0.6) is 0 Å². The van der Waals surface area contributed by atoms with Crippen molar-refractivity contribution >= 4 is 11.5 Å². The first kappa shape index (κ1) is 13.8. The van der Waals surface area contributed by atoms with Crippen LogP contribution in [0.25, 0.3) is 0 Å². The van der Waals surface area contributed by atoms with Gasteiger partial charge in [-0.2, -0.15) is 5.10 Å². The molecular formula is C12H24N4O. The van der Waals surface area contributed by atoms with Crippen LogP contribution in [0, 0.1) is 5.92 Å². The van der Waals surface area contributed by atoms with E-state index in [-0.39, 0.29) is 12.6 Å². The van der Waals surface area contributed by atoms with E-state index >= 15 is 0 Å². The van der Waals surface area contributed by atoms with E-state index < -0.39 is 0 Å². The van der Waals surface area contributed by atoms with Crippen LogP contribution in [-0.4, -0.2) is 27.5 Å². The molecule has 0 fully saturated rings. The molecule has 1 unspecified atom stereocenters. The number of nitrogen functional groups attached to an aromatic ring is 1. The second kappa shape index (κ2) is 5.91. The zero-order chi connectivity index (χ0) is 13.0. The van der Waals surface area contributed by atoms with Gasteiger partial charge in [0.1, 0.15) is 5.82 Å². The lowest BCUT2D eigenvalue weighted by Crippen LogP contribution is -2.28. The molecule has 5 nitrogen and oxygen atoms in total. The fourth-order valence-electron chi connectivity index (χ4n) is 1.92. The third-order valence-electron chi connectivity index (χ3n) is 3.06. The van der Waals surface area contributed by atoms with Crippen LogP contribution in [0.15, 0.2) is 0 Å². The molecule has 0 saturated heterocycles. The van der Waals surface area contributed by atoms with Gasteiger partial charge >= 0.3 is 0 Å². The maximum atomic E-state index is 9.06. The number of aliphatic hydroxyl groups is 1. The van der Waals surface area contributed by atoms with Gasteiger partial charge in [-0.05, 0) is 18.8 Å². The highest BCUT2D eigenvalue weighted by Gasteiger charge is 2.18. The molecule has 0 amide bonds. The average molecular weight is 240 g/mol. The molecule has 17 heavy (non-hydrogen) atoms. The van der Waals surface area contributed by atoms with Crippen molar-refractivity contribution in [1.29, 1.82) is 0 Å². The van der Waals surface area contributed by atoms with E-state index in [0.717, 1.165) is 23.6 Å². The van der Waals surface area contributed by atoms with Gasteiger partial charge in [0.2, 0.25) is 0 Å². The van der Waals surface area contributed by atoms with Gasteiger partial charge in [-0.15, -0.1) is 0 Å². The van der Waals surface area contributed by atoms with Crippen molar-refractivity contribution in [1.82, 2.24) is 9.78 Å². The normalized spacial score (nSPS) is 13.1. The fraction of sp³-hybridized carbons (Fsp3) is 0.750. The summed E-state index contributed by atoms with van der Waals surface area (Å²) in [6.07, 6.45) is 1.54. The standard InChI is InChI=1S/C12H24N4O/c1-5-9-11(13)12(16(4)15-9)14-10(6-7-17)8(2)3/h8,10,14,17H,5-7,13H2,1-4H3. The summed E-state index contributed by atoms with van der Waals surface area (Å²) in [5.41, 5.74) is 7.69. The summed E-state index contributed by atoms with van der Waals surface area (Å²) in [6.45, 7) is 6.46. The summed E-state index contributed by atoms with van der Waals surface area (Å²) < 4.78 is 1.78. The van der Waals surface area contributed by atoms with E-state index in [4.69, 9.17) is 10.8 Å². The zero-order valence-corrected chi connectivity index (χ0v) is 11.2. The van der Waals surface area contributed by atoms with Crippen molar-refractivity contribution in [2.75, 3.05) is 17.7 Å². The van der Waals surface area contributed by atoms with Gasteiger partial charge in [-0.1, -0.05) is 20.8 Å². The van der Waals surface area contributed by atoms with Crippen LogP contribution in [0.1, 0.15) is 32.9 Å². The predicted molar refractivity (Wildman–Crippen MR) is 70.9 cm³/mol. The molecule has 0 aliphatic carbocycles. The Labute approximate surface area is 103 Å². The summed E-state index contributed by atoms with van der Waals surface area (Å²) >= 11 is 0. The number of rotatable bonds is 6. The number of nitrogens with zero attached hydrogens (tertiary/aromatic N) is 2. The van der Waals surface area contributed by atoms with E-state index in [2.05, 4.69) is 24.3 Å². The van der Waals surface area contributed by atoms with E-state index in [0.29, 0.717) is 12.3 Å². The van der Waals surface area contributed by atoms with Crippen LogP contribution < -0.4 is 11.1 Å². The SMILES string of the molecule is CCc1nn(C)c(NC(CCO)C(C)C)c1N. The molecule has 0 spiro atoms. The average Bonchev–Trinajstić information content (AvgIpc) is 2.55. The Hall–Kier alpha value is -1.23. The molecule has 0 aliphatic heterocycles. The molecule has 0 radical (unpaired) electrons. The second-order valence-corrected chi connectivity index (χ2v) is 4.69. The van der Waals surface area contributed by atoms with E-state index in [1.165, 1.54) is 0 Å². The van der Waals surface area contributed by atoms with Gasteiger partial charge in [0.25, 0.3) is 0 Å². The van der Waals surface area contributed by atoms with Crippen LogP contribution in [0.3, 0.4) is 0 Å². The minimum Gasteiger partial charge on any atom is -0.396 e. The highest BCUT2D eigenvalue weighted by atomic mass is 16.3. The van der Waals surface area contributed by atoms with Crippen molar-refractivity contribution in [2.45, 2.75) is 39.7 Å². The van der Waals surface area contributed by atoms with Gasteiger partial charge in [0.15, 0.2) is 0 Å². The van der Waals surface area contributed by atoms with Crippen molar-refractivity contribution in [3.8, 4) is 0 Å². The Balaban J connectivity index is 2.88. The van der Waals surface area contributed by atoms with Crippen LogP contribution in [0.4, 0.5) is 11.5 Å². The van der Waals surface area contributed by atoms with Gasteiger partial charge in [0.05, 0.1) is 11.4 Å². The summed E-state index contributed by atoms with van der Waals surface area (Å²) in [7, 11) is 1.88. The number of hydrogen-bond acceptors (Lipinski definition) is 4. The number of aryl methyl sites for hydroxylation is 2. The van der Waals surface area contributed by atoms with E-state index in [1.54, 1.807) is 4.68 Å². The maximum Gasteiger partial charge on any atom is 0.148 e. The van der Waals surface area contributed by atoms with Crippen LogP contribution in [-0.2, 0) is 13.5 Å². The first-order valence-electron chi connectivity index (χ1n) is 6.19. The molecular weight excluding hydrogens is 216 g/mol. The number of hydrogen-bond donors (Lipinski definition) is 3. The quantitative estimate of drug-likeness (QED) is 0.702. The van der Waals surface area contributed by atoms with Gasteiger partial charge in [-0.25, -0.2) is 0 Å². The number of nitrogens with one attached hydrogen (secondary N) is 1. The van der Waals surface area contributed by atoms with Gasteiger partial charge in [0, 0.05) is 19.7 Å². The highest BCUT2D eigenvalue weighted by molar-refractivity contribution is 5.65. The third-order valence-corrected chi connectivity index (χ3v) is 3.06. The Morgan fingerprint density at radius 1 is 1.47 bits per heavy atom. The van der Waals surface area contributed by atoms with Gasteiger partial charge in [-0.3, -0.25) is 4.68 Å². The molecule has 0 aliphatic rings. The molecule has 1 aromatic rings. The lowest BCUT2D eigenvalue weighted by atomic mass is 10.0. The Morgan fingerprint density at radius 3 is 2.53 bits per heavy atom. The fourth-order valence-corrected chi connectivity index (χ4v) is 1.92. The predicted octanol–water partition coefficient (Wildman–Crippen LogP) is 1.38. The maximum absolute atomic E-state index is 9.06. The minimum atomic E-state index is 0.175. The van der Waals surface area contributed by atoms with Gasteiger partial charge < -0.3 is 16.2 Å². The number of nitrogens with two attached hydrogens (primary N) is 1. The molecule has 4 N–H and O–H groups in total. The number of aliphatic hydroxyl groups excluding tert-OH is 1. The summed E-state index contributed by atoms with van der Waals surface area (Å²) in [5, 5.41) is 16.8. The smallest absolute Gasteiger partial charge is 0.148 e. The minimum absolute atomic E-state index is 0.175. The lowest BCUT2D eigenvalue weighted by molar-refractivity contribution is 0.267. The van der Waals surface area contributed by atoms with E-state index in [1.807, 2.05) is 14.0 Å². The second-order valence-electron chi connectivity index (χ2n) is 4.69. The third kappa shape index (κ3) is 3.12. The summed E-state index contributed by atoms with van der Waals surface area (Å²) in [4.78, 5) is 0. The lowest BCUT2D eigenvalue weighted by Gasteiger charge is -2.23. The Bertz CT molecular complexity index is 360. The monoisotopic (exact) mass is 240 g/mol. The molecule has 0 aromatic carbocycles. The zero-order valence-electron chi connectivity index (χ0n) is 11.2. The number of aromatic nitrogens is 2. The van der Waals surface area contributed by atoms with Crippen molar-refractivity contribution in [3.63, 3.8) is 0 Å². The molecule has 0 bridgehead atoms. The number of anilines is 2. The molecule has 5 heteroatoms. The largest absolute Gasteiger partial charge is 0.396 e. The first-order valence-corrected chi connectivity index (χ1v) is 6.19. The molecule has 1 atom stereocenters. The Kier molecular flexibility index (Phi) is 4.81. The molecule has 0 saturated carbocycles. The van der Waals surface area contributed by atoms with Crippen molar-refractivity contribution < 1.29 is 5.11 Å². The first-order chi connectivity index (χ1) is 8.01. The van der Waals surface area contributed by atoms with Crippen molar-refractivity contribution in [3.05, 3.63) is 5.69 Å². The topological polar surface area (TPSA) is 76.1 Å². The molecule has 98 valence electrons.